The van der Waals surface area contributed by atoms with Gasteiger partial charge in [-0.2, -0.15) is 0 Å². The topological polar surface area (TPSA) is 45.1 Å². The molecule has 1 aromatic rings. The van der Waals surface area contributed by atoms with E-state index < -0.39 is 0 Å². The van der Waals surface area contributed by atoms with Crippen molar-refractivity contribution in [2.24, 2.45) is 5.16 Å². The molecule has 0 heterocycles. The third-order valence-electron chi connectivity index (χ3n) is 2.28. The van der Waals surface area contributed by atoms with E-state index in [1.165, 1.54) is 0 Å². The fraction of sp³-hybridized carbons (Fsp3) is 0.417. The van der Waals surface area contributed by atoms with E-state index >= 15 is 0 Å². The Labute approximate surface area is 106 Å². The summed E-state index contributed by atoms with van der Waals surface area (Å²) in [5, 5.41) is 12.6. The highest BCUT2D eigenvalue weighted by molar-refractivity contribution is 6.31. The minimum atomic E-state index is 0.479. The van der Waals surface area contributed by atoms with E-state index in [9.17, 15) is 0 Å². The number of hydrogen-bond donors (Lipinski definition) is 1. The molecule has 0 radical (unpaired) electrons. The normalized spacial score (nSPS) is 11.9. The number of hydrogen-bond acceptors (Lipinski definition) is 4. The van der Waals surface area contributed by atoms with Gasteiger partial charge in [0.2, 0.25) is 0 Å². The predicted octanol–water partition coefficient (Wildman–Crippen LogP) is 2.48. The zero-order valence-corrected chi connectivity index (χ0v) is 11.0. The highest BCUT2D eigenvalue weighted by atomic mass is 35.5. The molecule has 0 spiro atoms. The predicted molar refractivity (Wildman–Crippen MR) is 69.5 cm³/mol. The van der Waals surface area contributed by atoms with Gasteiger partial charge in [-0.15, -0.1) is 0 Å². The van der Waals surface area contributed by atoms with Crippen LogP contribution in [0.15, 0.2) is 23.4 Å². The van der Waals surface area contributed by atoms with Gasteiger partial charge < -0.3 is 14.8 Å². The number of halogens is 1. The molecular formula is C12H17ClN2O2. The highest BCUT2D eigenvalue weighted by Gasteiger charge is 2.08. The Bertz CT molecular complexity index is 405. The molecule has 1 aromatic carbocycles. The van der Waals surface area contributed by atoms with Gasteiger partial charge in [0.1, 0.15) is 12.4 Å². The van der Waals surface area contributed by atoms with E-state index in [0.29, 0.717) is 28.7 Å². The molecule has 0 saturated heterocycles. The lowest BCUT2D eigenvalue weighted by Crippen LogP contribution is -2.20. The minimum Gasteiger partial charge on any atom is -0.492 e. The first-order chi connectivity index (χ1) is 8.04. The molecule has 0 fully saturated rings. The maximum absolute atomic E-state index is 8.80. The molecule has 0 bridgehead atoms. The van der Waals surface area contributed by atoms with Gasteiger partial charge in [-0.25, -0.2) is 0 Å². The van der Waals surface area contributed by atoms with Crippen LogP contribution in [0.1, 0.15) is 12.5 Å². The lowest BCUT2D eigenvalue weighted by molar-refractivity contribution is 0.260. The molecule has 5 heteroatoms. The average molecular weight is 257 g/mol. The first kappa shape index (κ1) is 13.8. The SMILES string of the molecule is C/C(=N\O)c1cc(Cl)ccc1OCCN(C)C. The van der Waals surface area contributed by atoms with Crippen molar-refractivity contribution in [3.8, 4) is 5.75 Å². The summed E-state index contributed by atoms with van der Waals surface area (Å²) in [7, 11) is 3.96. The summed E-state index contributed by atoms with van der Waals surface area (Å²) in [6, 6.07) is 5.25. The van der Waals surface area contributed by atoms with Gasteiger partial charge >= 0.3 is 0 Å². The van der Waals surface area contributed by atoms with E-state index in [0.717, 1.165) is 6.54 Å². The van der Waals surface area contributed by atoms with E-state index in [4.69, 9.17) is 21.5 Å². The molecule has 1 N–H and O–H groups in total. The second kappa shape index (κ2) is 6.47. The van der Waals surface area contributed by atoms with Crippen molar-refractivity contribution in [3.63, 3.8) is 0 Å². The van der Waals surface area contributed by atoms with Crippen LogP contribution in [0, 0.1) is 0 Å². The summed E-state index contributed by atoms with van der Waals surface area (Å²) in [6.07, 6.45) is 0. The van der Waals surface area contributed by atoms with Crippen molar-refractivity contribution in [1.82, 2.24) is 4.90 Å². The Morgan fingerprint density at radius 1 is 1.47 bits per heavy atom. The molecule has 0 saturated carbocycles. The molecular weight excluding hydrogens is 240 g/mol. The Morgan fingerprint density at radius 3 is 2.76 bits per heavy atom. The summed E-state index contributed by atoms with van der Waals surface area (Å²) in [4.78, 5) is 2.03. The molecule has 0 amide bonds. The first-order valence-corrected chi connectivity index (χ1v) is 5.68. The number of nitrogens with zero attached hydrogens (tertiary/aromatic N) is 2. The lowest BCUT2D eigenvalue weighted by Gasteiger charge is -2.13. The third-order valence-corrected chi connectivity index (χ3v) is 2.51. The molecule has 0 aliphatic carbocycles. The quantitative estimate of drug-likeness (QED) is 0.500. The first-order valence-electron chi connectivity index (χ1n) is 5.30. The summed E-state index contributed by atoms with van der Waals surface area (Å²) in [5.41, 5.74) is 1.19. The maximum Gasteiger partial charge on any atom is 0.128 e. The van der Waals surface area contributed by atoms with Crippen LogP contribution in [-0.4, -0.2) is 43.1 Å². The standard InChI is InChI=1S/C12H17ClN2O2/c1-9(14-16)11-8-10(13)4-5-12(11)17-7-6-15(2)3/h4-5,8,16H,6-7H2,1-3H3/b14-9+. The maximum atomic E-state index is 8.80. The third kappa shape index (κ3) is 4.24. The van der Waals surface area contributed by atoms with Crippen LogP contribution in [-0.2, 0) is 0 Å². The van der Waals surface area contributed by atoms with Crippen molar-refractivity contribution in [2.75, 3.05) is 27.2 Å². The van der Waals surface area contributed by atoms with Crippen molar-refractivity contribution in [3.05, 3.63) is 28.8 Å². The second-order valence-electron chi connectivity index (χ2n) is 3.98. The van der Waals surface area contributed by atoms with Crippen molar-refractivity contribution >= 4 is 17.3 Å². The lowest BCUT2D eigenvalue weighted by atomic mass is 10.1. The van der Waals surface area contributed by atoms with E-state index in [1.54, 1.807) is 25.1 Å². The minimum absolute atomic E-state index is 0.479. The molecule has 0 aromatic heterocycles. The molecule has 0 aliphatic heterocycles. The smallest absolute Gasteiger partial charge is 0.128 e. The molecule has 0 atom stereocenters. The van der Waals surface area contributed by atoms with Gasteiger partial charge in [-0.05, 0) is 39.2 Å². The molecule has 17 heavy (non-hydrogen) atoms. The summed E-state index contributed by atoms with van der Waals surface area (Å²) >= 11 is 5.90. The number of oxime groups is 1. The van der Waals surface area contributed by atoms with Crippen LogP contribution < -0.4 is 4.74 Å². The average Bonchev–Trinajstić information content (AvgIpc) is 2.29. The van der Waals surface area contributed by atoms with Crippen LogP contribution >= 0.6 is 11.6 Å². The van der Waals surface area contributed by atoms with Crippen LogP contribution in [0.5, 0.6) is 5.75 Å². The Balaban J connectivity index is 2.83. The Kier molecular flexibility index (Phi) is 5.25. The zero-order chi connectivity index (χ0) is 12.8. The molecule has 0 aliphatic rings. The van der Waals surface area contributed by atoms with Gasteiger partial charge in [0.05, 0.1) is 5.71 Å². The summed E-state index contributed by atoms with van der Waals surface area (Å²) in [5.74, 6) is 0.673. The number of rotatable bonds is 5. The number of ether oxygens (including phenoxy) is 1. The molecule has 94 valence electrons. The van der Waals surface area contributed by atoms with E-state index in [-0.39, 0.29) is 0 Å². The number of likely N-dealkylation sites (N-methyl/N-ethyl adjacent to an activating group) is 1. The molecule has 0 unspecified atom stereocenters. The molecule has 1 rings (SSSR count). The number of benzene rings is 1. The van der Waals surface area contributed by atoms with Gasteiger partial charge in [0.15, 0.2) is 0 Å². The van der Waals surface area contributed by atoms with Crippen LogP contribution in [0.2, 0.25) is 5.02 Å². The van der Waals surface area contributed by atoms with Crippen molar-refractivity contribution in [1.29, 1.82) is 0 Å². The van der Waals surface area contributed by atoms with Gasteiger partial charge in [0.25, 0.3) is 0 Å². The van der Waals surface area contributed by atoms with E-state index in [1.807, 2.05) is 19.0 Å². The molecule has 4 nitrogen and oxygen atoms in total. The van der Waals surface area contributed by atoms with E-state index in [2.05, 4.69) is 5.16 Å². The fourth-order valence-electron chi connectivity index (χ4n) is 1.30. The van der Waals surface area contributed by atoms with Crippen molar-refractivity contribution < 1.29 is 9.94 Å². The van der Waals surface area contributed by atoms with Gasteiger partial charge in [-0.3, -0.25) is 0 Å². The van der Waals surface area contributed by atoms with Crippen LogP contribution in [0.4, 0.5) is 0 Å². The van der Waals surface area contributed by atoms with Gasteiger partial charge in [-0.1, -0.05) is 16.8 Å². The zero-order valence-electron chi connectivity index (χ0n) is 10.3. The highest BCUT2D eigenvalue weighted by Crippen LogP contribution is 2.23. The monoisotopic (exact) mass is 256 g/mol. The van der Waals surface area contributed by atoms with Gasteiger partial charge in [0, 0.05) is 17.1 Å². The fourth-order valence-corrected chi connectivity index (χ4v) is 1.47. The van der Waals surface area contributed by atoms with Crippen LogP contribution in [0.25, 0.3) is 0 Å². The summed E-state index contributed by atoms with van der Waals surface area (Å²) in [6.45, 7) is 3.09. The largest absolute Gasteiger partial charge is 0.492 e. The Morgan fingerprint density at radius 2 is 2.18 bits per heavy atom. The Hall–Kier alpha value is -1.26. The second-order valence-corrected chi connectivity index (χ2v) is 4.41. The summed E-state index contributed by atoms with van der Waals surface area (Å²) < 4.78 is 5.63. The van der Waals surface area contributed by atoms with Crippen LogP contribution in [0.3, 0.4) is 0 Å². The van der Waals surface area contributed by atoms with Crippen molar-refractivity contribution in [2.45, 2.75) is 6.92 Å².